The molecule has 5 nitrogen and oxygen atoms in total. The summed E-state index contributed by atoms with van der Waals surface area (Å²) in [6.45, 7) is 1.71. The van der Waals surface area contributed by atoms with E-state index in [1.54, 1.807) is 43.3 Å². The highest BCUT2D eigenvalue weighted by Gasteiger charge is 2.19. The van der Waals surface area contributed by atoms with Gasteiger partial charge in [-0.3, -0.25) is 0 Å². The Hall–Kier alpha value is -2.48. The number of sulfone groups is 1. The standard InChI is InChI=1S/C21H21NO4S2/c1-16(17-8-12-20(13-9-17)27(2,23)24)22-28(25,26)21-14-10-19(11-15-21)18-6-4-3-5-7-18/h3-16,22H,1-2H3. The Bertz CT molecular complexity index is 1150. The third-order valence-corrected chi connectivity index (χ3v) is 7.10. The van der Waals surface area contributed by atoms with Gasteiger partial charge in [0.25, 0.3) is 0 Å². The molecule has 28 heavy (non-hydrogen) atoms. The molecule has 0 spiro atoms. The zero-order chi connectivity index (χ0) is 20.4. The summed E-state index contributed by atoms with van der Waals surface area (Å²) in [6, 6.07) is 22.1. The van der Waals surface area contributed by atoms with E-state index < -0.39 is 25.9 Å². The van der Waals surface area contributed by atoms with Crippen molar-refractivity contribution in [2.75, 3.05) is 6.26 Å². The van der Waals surface area contributed by atoms with Crippen molar-refractivity contribution in [3.8, 4) is 11.1 Å². The summed E-state index contributed by atoms with van der Waals surface area (Å²) in [6.07, 6.45) is 1.13. The van der Waals surface area contributed by atoms with Crippen molar-refractivity contribution in [3.05, 3.63) is 84.4 Å². The van der Waals surface area contributed by atoms with Crippen LogP contribution in [0.1, 0.15) is 18.5 Å². The van der Waals surface area contributed by atoms with Crippen LogP contribution in [0.3, 0.4) is 0 Å². The first kappa shape index (κ1) is 20.3. The number of benzene rings is 3. The smallest absolute Gasteiger partial charge is 0.224 e. The van der Waals surface area contributed by atoms with Crippen molar-refractivity contribution in [1.82, 2.24) is 4.72 Å². The minimum Gasteiger partial charge on any atom is -0.224 e. The van der Waals surface area contributed by atoms with Gasteiger partial charge in [0.1, 0.15) is 0 Å². The van der Waals surface area contributed by atoms with Crippen LogP contribution < -0.4 is 4.72 Å². The van der Waals surface area contributed by atoms with Gasteiger partial charge in [0.2, 0.25) is 10.0 Å². The number of sulfonamides is 1. The largest absolute Gasteiger partial charge is 0.241 e. The normalized spacial score (nSPS) is 13.2. The molecule has 0 heterocycles. The Balaban J connectivity index is 1.77. The van der Waals surface area contributed by atoms with Crippen LogP contribution in [0.5, 0.6) is 0 Å². The molecular formula is C21H21NO4S2. The monoisotopic (exact) mass is 415 g/mol. The molecule has 0 aliphatic carbocycles. The molecule has 1 unspecified atom stereocenters. The van der Waals surface area contributed by atoms with E-state index in [-0.39, 0.29) is 9.79 Å². The highest BCUT2D eigenvalue weighted by atomic mass is 32.2. The molecule has 0 aliphatic heterocycles. The fraction of sp³-hybridized carbons (Fsp3) is 0.143. The minimum atomic E-state index is -3.71. The van der Waals surface area contributed by atoms with E-state index in [4.69, 9.17) is 0 Å². The van der Waals surface area contributed by atoms with Crippen LogP contribution in [0.2, 0.25) is 0 Å². The first-order chi connectivity index (χ1) is 13.2. The van der Waals surface area contributed by atoms with Gasteiger partial charge in [-0.1, -0.05) is 54.6 Å². The summed E-state index contributed by atoms with van der Waals surface area (Å²) >= 11 is 0. The molecule has 1 N–H and O–H groups in total. The molecular weight excluding hydrogens is 394 g/mol. The number of hydrogen-bond donors (Lipinski definition) is 1. The lowest BCUT2D eigenvalue weighted by Crippen LogP contribution is -2.26. The summed E-state index contributed by atoms with van der Waals surface area (Å²) < 4.78 is 51.1. The van der Waals surface area contributed by atoms with Crippen LogP contribution in [0.15, 0.2) is 88.7 Å². The molecule has 0 bridgehead atoms. The van der Waals surface area contributed by atoms with Crippen molar-refractivity contribution < 1.29 is 16.8 Å². The van der Waals surface area contributed by atoms with Gasteiger partial charge in [0.15, 0.2) is 9.84 Å². The lowest BCUT2D eigenvalue weighted by molar-refractivity contribution is 0.566. The molecule has 1 atom stereocenters. The Morgan fingerprint density at radius 1 is 0.679 bits per heavy atom. The van der Waals surface area contributed by atoms with E-state index in [2.05, 4.69) is 4.72 Å². The second-order valence-corrected chi connectivity index (χ2v) is 10.3. The molecule has 0 saturated heterocycles. The average molecular weight is 416 g/mol. The molecule has 0 fully saturated rings. The van der Waals surface area contributed by atoms with Crippen LogP contribution in [0.4, 0.5) is 0 Å². The topological polar surface area (TPSA) is 80.3 Å². The van der Waals surface area contributed by atoms with Crippen LogP contribution in [-0.4, -0.2) is 23.1 Å². The maximum Gasteiger partial charge on any atom is 0.241 e. The van der Waals surface area contributed by atoms with E-state index in [0.717, 1.165) is 17.4 Å². The first-order valence-corrected chi connectivity index (χ1v) is 12.0. The molecule has 0 saturated carbocycles. The molecule has 0 amide bonds. The highest BCUT2D eigenvalue weighted by molar-refractivity contribution is 7.90. The Labute approximate surface area is 166 Å². The first-order valence-electron chi connectivity index (χ1n) is 8.65. The van der Waals surface area contributed by atoms with Crippen LogP contribution >= 0.6 is 0 Å². The molecule has 3 aromatic rings. The summed E-state index contributed by atoms with van der Waals surface area (Å²) in [4.78, 5) is 0.370. The summed E-state index contributed by atoms with van der Waals surface area (Å²) in [5, 5.41) is 0. The summed E-state index contributed by atoms with van der Waals surface area (Å²) in [5.41, 5.74) is 2.62. The van der Waals surface area contributed by atoms with Crippen LogP contribution in [0, 0.1) is 0 Å². The lowest BCUT2D eigenvalue weighted by Gasteiger charge is -2.15. The summed E-state index contributed by atoms with van der Waals surface area (Å²) in [7, 11) is -7.00. The Morgan fingerprint density at radius 2 is 1.18 bits per heavy atom. The molecule has 146 valence electrons. The van der Waals surface area contributed by atoms with Gasteiger partial charge in [-0.05, 0) is 47.9 Å². The number of hydrogen-bond acceptors (Lipinski definition) is 4. The van der Waals surface area contributed by atoms with E-state index >= 15 is 0 Å². The molecule has 0 aromatic heterocycles. The lowest BCUT2D eigenvalue weighted by atomic mass is 10.1. The van der Waals surface area contributed by atoms with Gasteiger partial charge < -0.3 is 0 Å². The highest BCUT2D eigenvalue weighted by Crippen LogP contribution is 2.23. The van der Waals surface area contributed by atoms with E-state index in [1.807, 2.05) is 30.3 Å². The Kier molecular flexibility index (Phi) is 5.69. The van der Waals surface area contributed by atoms with Gasteiger partial charge in [-0.15, -0.1) is 0 Å². The third-order valence-electron chi connectivity index (χ3n) is 4.41. The predicted octanol–water partition coefficient (Wildman–Crippen LogP) is 3.80. The average Bonchev–Trinajstić information content (AvgIpc) is 2.68. The quantitative estimate of drug-likeness (QED) is 0.664. The number of rotatable bonds is 6. The van der Waals surface area contributed by atoms with Crippen molar-refractivity contribution in [2.24, 2.45) is 0 Å². The van der Waals surface area contributed by atoms with Crippen molar-refractivity contribution >= 4 is 19.9 Å². The number of nitrogens with one attached hydrogen (secondary N) is 1. The fourth-order valence-corrected chi connectivity index (χ4v) is 4.69. The maximum atomic E-state index is 12.7. The fourth-order valence-electron chi connectivity index (χ4n) is 2.83. The van der Waals surface area contributed by atoms with Gasteiger partial charge in [0.05, 0.1) is 9.79 Å². The third kappa shape index (κ3) is 4.67. The SMILES string of the molecule is CC(NS(=O)(=O)c1ccc(-c2ccccc2)cc1)c1ccc(S(C)(=O)=O)cc1. The van der Waals surface area contributed by atoms with Crippen molar-refractivity contribution in [1.29, 1.82) is 0 Å². The van der Waals surface area contributed by atoms with Crippen LogP contribution in [-0.2, 0) is 19.9 Å². The Morgan fingerprint density at radius 3 is 1.71 bits per heavy atom. The minimum absolute atomic E-state index is 0.173. The van der Waals surface area contributed by atoms with Gasteiger partial charge in [-0.25, -0.2) is 21.6 Å². The molecule has 3 rings (SSSR count). The predicted molar refractivity (Wildman–Crippen MR) is 110 cm³/mol. The van der Waals surface area contributed by atoms with Crippen molar-refractivity contribution in [3.63, 3.8) is 0 Å². The molecule has 3 aromatic carbocycles. The zero-order valence-corrected chi connectivity index (χ0v) is 17.2. The molecule has 0 aliphatic rings. The van der Waals surface area contributed by atoms with Gasteiger partial charge in [-0.2, -0.15) is 0 Å². The molecule has 7 heteroatoms. The summed E-state index contributed by atoms with van der Waals surface area (Å²) in [5.74, 6) is 0. The van der Waals surface area contributed by atoms with Crippen LogP contribution in [0.25, 0.3) is 11.1 Å². The zero-order valence-electron chi connectivity index (χ0n) is 15.5. The molecule has 0 radical (unpaired) electrons. The van der Waals surface area contributed by atoms with Gasteiger partial charge in [0, 0.05) is 12.3 Å². The van der Waals surface area contributed by atoms with E-state index in [0.29, 0.717) is 5.56 Å². The van der Waals surface area contributed by atoms with Crippen molar-refractivity contribution in [2.45, 2.75) is 22.8 Å². The second kappa shape index (κ2) is 7.87. The maximum absolute atomic E-state index is 12.7. The van der Waals surface area contributed by atoms with Gasteiger partial charge >= 0.3 is 0 Å². The second-order valence-electron chi connectivity index (χ2n) is 6.57. The van der Waals surface area contributed by atoms with E-state index in [9.17, 15) is 16.8 Å². The van der Waals surface area contributed by atoms with E-state index in [1.165, 1.54) is 12.1 Å².